The van der Waals surface area contributed by atoms with E-state index in [4.69, 9.17) is 18.9 Å². The summed E-state index contributed by atoms with van der Waals surface area (Å²) in [6, 6.07) is 0. The van der Waals surface area contributed by atoms with Gasteiger partial charge in [-0.05, 0) is 24.7 Å². The van der Waals surface area contributed by atoms with Crippen molar-refractivity contribution in [1.29, 1.82) is 0 Å². The lowest BCUT2D eigenvalue weighted by atomic mass is 9.43. The van der Waals surface area contributed by atoms with Crippen LogP contribution in [-0.4, -0.2) is 60.1 Å². The van der Waals surface area contributed by atoms with Gasteiger partial charge in [0.25, 0.3) is 0 Å². The van der Waals surface area contributed by atoms with Crippen LogP contribution >= 0.6 is 0 Å². The van der Waals surface area contributed by atoms with Crippen molar-refractivity contribution in [3.63, 3.8) is 0 Å². The Bertz CT molecular complexity index is 1030. The molecular weight excluding hydrogens is 392 g/mol. The summed E-state index contributed by atoms with van der Waals surface area (Å²) in [7, 11) is 2.69. The van der Waals surface area contributed by atoms with Crippen LogP contribution in [0.15, 0.2) is 0 Å². The van der Waals surface area contributed by atoms with Gasteiger partial charge in [0, 0.05) is 36.5 Å². The second kappa shape index (κ2) is 3.58. The van der Waals surface area contributed by atoms with E-state index >= 15 is 0 Å². The molecule has 30 heavy (non-hydrogen) atoms. The summed E-state index contributed by atoms with van der Waals surface area (Å²) in [5.41, 5.74) is -5.69. The zero-order chi connectivity index (χ0) is 20.4. The number of rotatable bonds is 2. The number of Topliss-reactive ketones (excluding diaryl/α,β-unsaturated/α-hetero) is 2. The first kappa shape index (κ1) is 15.9. The van der Waals surface area contributed by atoms with E-state index in [1.165, 1.54) is 14.2 Å². The van der Waals surface area contributed by atoms with Crippen molar-refractivity contribution in [1.82, 2.24) is 0 Å². The SMILES string of the molecule is COC(=O)[C@]12[C@H]3[C@H]4[C@H]5[C@@H]1[C@@]16CCC(=O)[C@]1(O6)[C@@H]5[C@@]2(C(=O)OC)[C@H]4[C@]12CCC(=O)[C@]31O2. The van der Waals surface area contributed by atoms with E-state index in [0.29, 0.717) is 25.7 Å². The number of ether oxygens (including phenoxy) is 4. The highest BCUT2D eigenvalue weighted by Gasteiger charge is 3.16. The van der Waals surface area contributed by atoms with Gasteiger partial charge in [-0.15, -0.1) is 0 Å². The van der Waals surface area contributed by atoms with E-state index in [2.05, 4.69) is 0 Å². The molecule has 0 radical (unpaired) electrons. The molecule has 8 nitrogen and oxygen atoms in total. The number of carbonyl (C=O) groups is 4. The molecule has 156 valence electrons. The molecule has 10 rings (SSSR count). The van der Waals surface area contributed by atoms with Gasteiger partial charge >= 0.3 is 11.9 Å². The van der Waals surface area contributed by atoms with Crippen molar-refractivity contribution in [3.05, 3.63) is 0 Å². The average molecular weight is 412 g/mol. The summed E-state index contributed by atoms with van der Waals surface area (Å²) in [6.07, 6.45) is 1.99. The summed E-state index contributed by atoms with van der Waals surface area (Å²) in [5.74, 6) is -2.09. The molecule has 0 unspecified atom stereocenters. The van der Waals surface area contributed by atoms with Gasteiger partial charge in [0.1, 0.15) is 11.2 Å². The Morgan fingerprint density at radius 2 is 1.17 bits per heavy atom. The highest BCUT2D eigenvalue weighted by Crippen LogP contribution is 3.05. The lowest BCUT2D eigenvalue weighted by Gasteiger charge is -2.53. The predicted molar refractivity (Wildman–Crippen MR) is 91.4 cm³/mol. The summed E-state index contributed by atoms with van der Waals surface area (Å²) in [4.78, 5) is 53.8. The summed E-state index contributed by atoms with van der Waals surface area (Å²) in [5, 5.41) is 0. The Hall–Kier alpha value is -1.80. The first-order valence-corrected chi connectivity index (χ1v) is 11.0. The first-order chi connectivity index (χ1) is 14.4. The third-order valence-corrected chi connectivity index (χ3v) is 11.7. The standard InChI is InChI=1S/C22H20O8/c1-27-15(25)19-11-9-10-12(18-6-4-7(23)21(18,30-18)13(10)19)20(19,16(26)28-2)14(9)22-8(24)3-5-17(11,22)29-22/h9-14H,3-6H2,1-2H3/t9-,10-,11+,12+,13-,14+,17+,18-,19+,20+,21-,22-/m0/s1. The van der Waals surface area contributed by atoms with Crippen LogP contribution in [0, 0.1) is 46.3 Å². The molecule has 0 aromatic rings. The van der Waals surface area contributed by atoms with Gasteiger partial charge in [-0.25, -0.2) is 0 Å². The Balaban J connectivity index is 1.43. The lowest BCUT2D eigenvalue weighted by molar-refractivity contribution is -0.197. The van der Waals surface area contributed by atoms with Crippen molar-refractivity contribution in [2.75, 3.05) is 14.2 Å². The van der Waals surface area contributed by atoms with Crippen molar-refractivity contribution >= 4 is 23.5 Å². The van der Waals surface area contributed by atoms with E-state index in [9.17, 15) is 19.2 Å². The van der Waals surface area contributed by atoms with E-state index in [1.54, 1.807) is 0 Å². The topological polar surface area (TPSA) is 112 Å². The summed E-state index contributed by atoms with van der Waals surface area (Å²) >= 11 is 0. The molecule has 10 fully saturated rings. The maximum atomic E-state index is 13.8. The fourth-order valence-corrected chi connectivity index (χ4v) is 12.1. The van der Waals surface area contributed by atoms with Gasteiger partial charge < -0.3 is 18.9 Å². The highest BCUT2D eigenvalue weighted by molar-refractivity contribution is 6.07. The molecule has 0 spiro atoms. The van der Waals surface area contributed by atoms with E-state index < -0.39 is 45.2 Å². The minimum Gasteiger partial charge on any atom is -0.469 e. The molecule has 12 atom stereocenters. The number of methoxy groups -OCH3 is 2. The summed E-state index contributed by atoms with van der Waals surface area (Å²) in [6.45, 7) is 0. The van der Waals surface area contributed by atoms with Crippen LogP contribution in [0.2, 0.25) is 0 Å². The fourth-order valence-electron chi connectivity index (χ4n) is 12.1. The third-order valence-electron chi connectivity index (χ3n) is 11.7. The van der Waals surface area contributed by atoms with Gasteiger partial charge in [-0.3, -0.25) is 19.2 Å². The van der Waals surface area contributed by atoms with Crippen LogP contribution in [0.25, 0.3) is 0 Å². The van der Waals surface area contributed by atoms with Gasteiger partial charge in [0.05, 0.1) is 25.0 Å². The highest BCUT2D eigenvalue weighted by atomic mass is 16.7. The van der Waals surface area contributed by atoms with Gasteiger partial charge in [-0.2, -0.15) is 0 Å². The summed E-state index contributed by atoms with van der Waals surface area (Å²) < 4.78 is 23.4. The molecule has 2 heterocycles. The Morgan fingerprint density at radius 3 is 1.53 bits per heavy atom. The molecule has 2 aliphatic heterocycles. The second-order valence-corrected chi connectivity index (χ2v) is 11.1. The lowest BCUT2D eigenvalue weighted by Crippen LogP contribution is -2.69. The van der Waals surface area contributed by atoms with Crippen molar-refractivity contribution in [3.8, 4) is 0 Å². The van der Waals surface area contributed by atoms with Crippen LogP contribution in [0.4, 0.5) is 0 Å². The van der Waals surface area contributed by atoms with Crippen LogP contribution < -0.4 is 0 Å². The van der Waals surface area contributed by atoms with Crippen molar-refractivity contribution in [2.45, 2.75) is 48.1 Å². The number of hydrogen-bond donors (Lipinski definition) is 0. The zero-order valence-electron chi connectivity index (χ0n) is 16.6. The predicted octanol–water partition coefficient (Wildman–Crippen LogP) is -0.188. The van der Waals surface area contributed by atoms with E-state index in [1.807, 2.05) is 0 Å². The third kappa shape index (κ3) is 0.835. The van der Waals surface area contributed by atoms with Crippen molar-refractivity contribution < 1.29 is 38.1 Å². The molecule has 0 N–H and O–H groups in total. The average Bonchev–Trinajstić information content (AvgIpc) is 3.06. The van der Waals surface area contributed by atoms with Crippen molar-refractivity contribution in [2.24, 2.45) is 46.3 Å². The largest absolute Gasteiger partial charge is 0.469 e. The van der Waals surface area contributed by atoms with Crippen LogP contribution in [0.3, 0.4) is 0 Å². The monoisotopic (exact) mass is 412 g/mol. The minimum absolute atomic E-state index is 0.00671. The molecule has 8 heteroatoms. The molecule has 2 saturated heterocycles. The number of esters is 2. The smallest absolute Gasteiger partial charge is 0.313 e. The molecule has 8 bridgehead atoms. The Morgan fingerprint density at radius 1 is 0.767 bits per heavy atom. The first-order valence-electron chi connectivity index (χ1n) is 11.0. The number of carbonyl (C=O) groups excluding carboxylic acids is 4. The maximum Gasteiger partial charge on any atom is 0.313 e. The maximum absolute atomic E-state index is 13.8. The Kier molecular flexibility index (Phi) is 1.90. The number of hydrogen-bond acceptors (Lipinski definition) is 8. The molecule has 8 aliphatic carbocycles. The van der Waals surface area contributed by atoms with Gasteiger partial charge in [0.15, 0.2) is 22.8 Å². The fraction of sp³-hybridized carbons (Fsp3) is 0.818. The van der Waals surface area contributed by atoms with E-state index in [0.717, 1.165) is 0 Å². The molecule has 0 amide bonds. The normalized spacial score (nSPS) is 69.4. The van der Waals surface area contributed by atoms with Crippen LogP contribution in [-0.2, 0) is 38.1 Å². The van der Waals surface area contributed by atoms with Gasteiger partial charge in [0.2, 0.25) is 0 Å². The van der Waals surface area contributed by atoms with Crippen LogP contribution in [0.5, 0.6) is 0 Å². The van der Waals surface area contributed by atoms with Gasteiger partial charge in [-0.1, -0.05) is 0 Å². The number of epoxide rings is 2. The number of ketones is 2. The molecule has 10 aliphatic rings. The Labute approximate surface area is 170 Å². The zero-order valence-corrected chi connectivity index (χ0v) is 16.6. The molecule has 0 aromatic carbocycles. The minimum atomic E-state index is -1.20. The van der Waals surface area contributed by atoms with Crippen LogP contribution in [0.1, 0.15) is 25.7 Å². The molecule has 0 aromatic heterocycles. The quantitative estimate of drug-likeness (QED) is 0.453. The second-order valence-electron chi connectivity index (χ2n) is 11.1. The molecular formula is C22H20O8. The van der Waals surface area contributed by atoms with E-state index in [-0.39, 0.29) is 47.1 Å². The molecule has 8 saturated carbocycles.